The largest absolute Gasteiger partial charge is 0.373 e. The molecule has 0 aliphatic carbocycles. The average molecular weight is 218 g/mol. The summed E-state index contributed by atoms with van der Waals surface area (Å²) >= 11 is 0. The lowest BCUT2D eigenvalue weighted by molar-refractivity contribution is 0.407. The topological polar surface area (TPSA) is 28.7 Å². The number of nitrogens with zero attached hydrogens (tertiary/aromatic N) is 2. The third-order valence-corrected chi connectivity index (χ3v) is 3.37. The Kier molecular flexibility index (Phi) is 2.79. The van der Waals surface area contributed by atoms with E-state index in [1.165, 1.54) is 30.6 Å². The van der Waals surface area contributed by atoms with Crippen LogP contribution in [0.25, 0.3) is 0 Å². The van der Waals surface area contributed by atoms with E-state index in [4.69, 9.17) is 4.74 Å². The highest BCUT2D eigenvalue weighted by Crippen LogP contribution is 2.25. The molecule has 3 rings (SSSR count). The van der Waals surface area contributed by atoms with E-state index in [0.717, 1.165) is 26.1 Å². The van der Waals surface area contributed by atoms with Crippen LogP contribution in [0, 0.1) is 0 Å². The standard InChI is InChI=1S/C13H18N2O/c1-2-7-15(8-3-1)13-11(5-4-6-14-13)9-12-10-16-12/h4-6,12H,1-3,7-10H2. The van der Waals surface area contributed by atoms with Crippen molar-refractivity contribution in [3.63, 3.8) is 0 Å². The molecule has 1 aromatic rings. The van der Waals surface area contributed by atoms with Crippen molar-refractivity contribution in [3.05, 3.63) is 23.9 Å². The molecule has 0 spiro atoms. The number of hydrogen-bond donors (Lipinski definition) is 0. The van der Waals surface area contributed by atoms with Crippen LogP contribution in [0.3, 0.4) is 0 Å². The summed E-state index contributed by atoms with van der Waals surface area (Å²) in [7, 11) is 0. The van der Waals surface area contributed by atoms with Crippen LogP contribution in [-0.2, 0) is 11.2 Å². The first-order valence-electron chi connectivity index (χ1n) is 6.24. The Morgan fingerprint density at radius 2 is 2.12 bits per heavy atom. The molecule has 0 N–H and O–H groups in total. The Hall–Kier alpha value is -1.09. The minimum Gasteiger partial charge on any atom is -0.373 e. The number of ether oxygens (including phenoxy) is 1. The summed E-state index contributed by atoms with van der Waals surface area (Å²) in [6, 6.07) is 4.23. The number of anilines is 1. The predicted octanol–water partition coefficient (Wildman–Crippen LogP) is 2.01. The Morgan fingerprint density at radius 1 is 1.31 bits per heavy atom. The molecule has 3 nitrogen and oxygen atoms in total. The maximum atomic E-state index is 5.31. The molecule has 86 valence electrons. The zero-order valence-corrected chi connectivity index (χ0v) is 9.56. The van der Waals surface area contributed by atoms with Crippen molar-refractivity contribution in [2.24, 2.45) is 0 Å². The normalized spacial score (nSPS) is 24.5. The van der Waals surface area contributed by atoms with Crippen LogP contribution in [0.4, 0.5) is 5.82 Å². The number of rotatable bonds is 3. The van der Waals surface area contributed by atoms with Crippen LogP contribution in [0.1, 0.15) is 24.8 Å². The van der Waals surface area contributed by atoms with Gasteiger partial charge in [-0.05, 0) is 30.9 Å². The van der Waals surface area contributed by atoms with Gasteiger partial charge in [0.25, 0.3) is 0 Å². The van der Waals surface area contributed by atoms with Crippen LogP contribution in [-0.4, -0.2) is 30.8 Å². The molecule has 0 saturated carbocycles. The minimum absolute atomic E-state index is 0.452. The molecule has 0 bridgehead atoms. The molecule has 2 saturated heterocycles. The fourth-order valence-corrected chi connectivity index (χ4v) is 2.41. The van der Waals surface area contributed by atoms with E-state index in [-0.39, 0.29) is 0 Å². The van der Waals surface area contributed by atoms with Crippen LogP contribution in [0.5, 0.6) is 0 Å². The number of epoxide rings is 1. The molecule has 2 aliphatic heterocycles. The Bertz CT molecular complexity index is 357. The number of hydrogen-bond acceptors (Lipinski definition) is 3. The Morgan fingerprint density at radius 3 is 2.88 bits per heavy atom. The summed E-state index contributed by atoms with van der Waals surface area (Å²) in [5, 5.41) is 0. The van der Waals surface area contributed by atoms with E-state index in [0.29, 0.717) is 6.10 Å². The molecule has 3 heteroatoms. The van der Waals surface area contributed by atoms with Crippen molar-refractivity contribution >= 4 is 5.82 Å². The molecule has 16 heavy (non-hydrogen) atoms. The molecule has 2 fully saturated rings. The number of pyridine rings is 1. The van der Waals surface area contributed by atoms with Gasteiger partial charge in [0.15, 0.2) is 0 Å². The first-order chi connectivity index (χ1) is 7.93. The van der Waals surface area contributed by atoms with E-state index in [1.54, 1.807) is 0 Å². The van der Waals surface area contributed by atoms with Gasteiger partial charge in [-0.1, -0.05) is 6.07 Å². The van der Waals surface area contributed by atoms with Gasteiger partial charge in [-0.3, -0.25) is 0 Å². The Labute approximate surface area is 96.4 Å². The number of piperidine rings is 1. The third kappa shape index (κ3) is 2.19. The smallest absolute Gasteiger partial charge is 0.131 e. The zero-order chi connectivity index (χ0) is 10.8. The van der Waals surface area contributed by atoms with E-state index < -0.39 is 0 Å². The summed E-state index contributed by atoms with van der Waals surface area (Å²) < 4.78 is 5.31. The summed E-state index contributed by atoms with van der Waals surface area (Å²) in [5.74, 6) is 1.19. The lowest BCUT2D eigenvalue weighted by Gasteiger charge is -2.29. The van der Waals surface area contributed by atoms with Crippen molar-refractivity contribution in [1.82, 2.24) is 4.98 Å². The fraction of sp³-hybridized carbons (Fsp3) is 0.615. The van der Waals surface area contributed by atoms with Gasteiger partial charge in [-0.15, -0.1) is 0 Å². The molecule has 1 unspecified atom stereocenters. The predicted molar refractivity (Wildman–Crippen MR) is 63.7 cm³/mol. The van der Waals surface area contributed by atoms with Crippen LogP contribution >= 0.6 is 0 Å². The average Bonchev–Trinajstić information content (AvgIpc) is 3.15. The van der Waals surface area contributed by atoms with Crippen molar-refractivity contribution in [1.29, 1.82) is 0 Å². The van der Waals surface area contributed by atoms with Gasteiger partial charge in [0.1, 0.15) is 5.82 Å². The first kappa shape index (κ1) is 10.1. The van der Waals surface area contributed by atoms with Crippen molar-refractivity contribution in [2.45, 2.75) is 31.8 Å². The maximum Gasteiger partial charge on any atom is 0.131 e. The second-order valence-electron chi connectivity index (χ2n) is 4.69. The molecule has 1 atom stereocenters. The van der Waals surface area contributed by atoms with Crippen LogP contribution in [0.15, 0.2) is 18.3 Å². The summed E-state index contributed by atoms with van der Waals surface area (Å²) in [6.45, 7) is 3.25. The molecule has 1 aromatic heterocycles. The maximum absolute atomic E-state index is 5.31. The molecular weight excluding hydrogens is 200 g/mol. The highest BCUT2D eigenvalue weighted by Gasteiger charge is 2.25. The highest BCUT2D eigenvalue weighted by molar-refractivity contribution is 5.47. The van der Waals surface area contributed by atoms with Crippen LogP contribution in [0.2, 0.25) is 0 Å². The van der Waals surface area contributed by atoms with Gasteiger partial charge in [0.2, 0.25) is 0 Å². The molecule has 0 aromatic carbocycles. The number of aromatic nitrogens is 1. The summed E-state index contributed by atoms with van der Waals surface area (Å²) in [5.41, 5.74) is 1.35. The Balaban J connectivity index is 1.79. The minimum atomic E-state index is 0.452. The van der Waals surface area contributed by atoms with E-state index >= 15 is 0 Å². The SMILES string of the molecule is c1cnc(N2CCCCC2)c(CC2CO2)c1. The highest BCUT2D eigenvalue weighted by atomic mass is 16.6. The monoisotopic (exact) mass is 218 g/mol. The van der Waals surface area contributed by atoms with Gasteiger partial charge < -0.3 is 9.64 Å². The summed E-state index contributed by atoms with van der Waals surface area (Å²) in [4.78, 5) is 6.99. The van der Waals surface area contributed by atoms with Gasteiger partial charge in [0, 0.05) is 25.7 Å². The fourth-order valence-electron chi connectivity index (χ4n) is 2.41. The lowest BCUT2D eigenvalue weighted by Crippen LogP contribution is -2.31. The van der Waals surface area contributed by atoms with Crippen molar-refractivity contribution < 1.29 is 4.74 Å². The quantitative estimate of drug-likeness (QED) is 0.727. The molecule has 2 aliphatic rings. The van der Waals surface area contributed by atoms with Gasteiger partial charge >= 0.3 is 0 Å². The van der Waals surface area contributed by atoms with E-state index in [1.807, 2.05) is 12.3 Å². The second-order valence-corrected chi connectivity index (χ2v) is 4.69. The molecule has 0 radical (unpaired) electrons. The van der Waals surface area contributed by atoms with E-state index in [9.17, 15) is 0 Å². The van der Waals surface area contributed by atoms with Gasteiger partial charge in [-0.2, -0.15) is 0 Å². The summed E-state index contributed by atoms with van der Waals surface area (Å²) in [6.07, 6.45) is 7.35. The van der Waals surface area contributed by atoms with Gasteiger partial charge in [-0.25, -0.2) is 4.98 Å². The van der Waals surface area contributed by atoms with E-state index in [2.05, 4.69) is 16.0 Å². The first-order valence-corrected chi connectivity index (χ1v) is 6.24. The third-order valence-electron chi connectivity index (χ3n) is 3.37. The molecular formula is C13H18N2O. The van der Waals surface area contributed by atoms with Gasteiger partial charge in [0.05, 0.1) is 12.7 Å². The second kappa shape index (κ2) is 4.42. The zero-order valence-electron chi connectivity index (χ0n) is 9.56. The lowest BCUT2D eigenvalue weighted by atomic mass is 10.1. The van der Waals surface area contributed by atoms with Crippen molar-refractivity contribution in [3.8, 4) is 0 Å². The van der Waals surface area contributed by atoms with Crippen molar-refractivity contribution in [2.75, 3.05) is 24.6 Å². The molecule has 0 amide bonds. The van der Waals surface area contributed by atoms with Crippen LogP contribution < -0.4 is 4.90 Å². The molecule has 3 heterocycles.